The molecule has 0 saturated heterocycles. The largest absolute Gasteiger partial charge is 0.416 e. The fourth-order valence-electron chi connectivity index (χ4n) is 1.90. The molecule has 0 fully saturated rings. The van der Waals surface area contributed by atoms with Crippen LogP contribution in [0.25, 0.3) is 6.08 Å². The molecule has 2 aromatic rings. The Morgan fingerprint density at radius 3 is 2.48 bits per heavy atom. The van der Waals surface area contributed by atoms with Gasteiger partial charge < -0.3 is 5.32 Å². The normalized spacial score (nSPS) is 11.8. The molecule has 0 atom stereocenters. The Morgan fingerprint density at radius 2 is 1.88 bits per heavy atom. The van der Waals surface area contributed by atoms with Crippen LogP contribution < -0.4 is 5.32 Å². The van der Waals surface area contributed by atoms with Crippen LogP contribution in [0, 0.1) is 11.3 Å². The molecule has 25 heavy (non-hydrogen) atoms. The first-order valence-corrected chi connectivity index (χ1v) is 7.52. The predicted octanol–water partition coefficient (Wildman–Crippen LogP) is 5.56. The zero-order valence-corrected chi connectivity index (χ0v) is 13.9. The van der Waals surface area contributed by atoms with E-state index in [4.69, 9.17) is 28.5 Å². The van der Waals surface area contributed by atoms with Gasteiger partial charge in [0.2, 0.25) is 0 Å². The number of rotatable bonds is 3. The Bertz CT molecular complexity index is 886. The zero-order valence-electron chi connectivity index (χ0n) is 12.4. The summed E-state index contributed by atoms with van der Waals surface area (Å²) < 4.78 is 38.2. The van der Waals surface area contributed by atoms with E-state index in [-0.39, 0.29) is 21.8 Å². The van der Waals surface area contributed by atoms with E-state index in [1.807, 2.05) is 0 Å². The van der Waals surface area contributed by atoms with E-state index in [0.29, 0.717) is 5.02 Å². The standard InChI is InChI=1S/C17H9Cl2F3N2O/c18-13-4-5-15(14(19)8-13)24-16(25)11(9-23)6-10-2-1-3-12(7-10)17(20,21)22/h1-8H,(H,24,25)/b11-6+. The molecule has 0 aromatic heterocycles. The van der Waals surface area contributed by atoms with Gasteiger partial charge in [0.15, 0.2) is 0 Å². The molecule has 0 bridgehead atoms. The van der Waals surface area contributed by atoms with Gasteiger partial charge in [-0.3, -0.25) is 4.79 Å². The van der Waals surface area contributed by atoms with E-state index >= 15 is 0 Å². The Hall–Kier alpha value is -2.49. The molecule has 0 aliphatic heterocycles. The average Bonchev–Trinajstić information content (AvgIpc) is 2.54. The maximum absolute atomic E-state index is 12.7. The van der Waals surface area contributed by atoms with Crippen LogP contribution in [0.3, 0.4) is 0 Å². The number of anilines is 1. The molecule has 2 rings (SSSR count). The maximum Gasteiger partial charge on any atom is 0.416 e. The Kier molecular flexibility index (Phi) is 5.73. The smallest absolute Gasteiger partial charge is 0.320 e. The van der Waals surface area contributed by atoms with Crippen LogP contribution in [0.1, 0.15) is 11.1 Å². The molecule has 8 heteroatoms. The van der Waals surface area contributed by atoms with Crippen LogP contribution in [0.4, 0.5) is 18.9 Å². The maximum atomic E-state index is 12.7. The van der Waals surface area contributed by atoms with Crippen molar-refractivity contribution < 1.29 is 18.0 Å². The van der Waals surface area contributed by atoms with E-state index in [1.165, 1.54) is 30.3 Å². The van der Waals surface area contributed by atoms with Crippen LogP contribution in [-0.4, -0.2) is 5.91 Å². The van der Waals surface area contributed by atoms with Crippen molar-refractivity contribution in [2.75, 3.05) is 5.32 Å². The zero-order chi connectivity index (χ0) is 18.6. The van der Waals surface area contributed by atoms with E-state index in [1.54, 1.807) is 6.07 Å². The summed E-state index contributed by atoms with van der Waals surface area (Å²) in [5.74, 6) is -0.802. The van der Waals surface area contributed by atoms with Crippen LogP contribution in [0.5, 0.6) is 0 Å². The monoisotopic (exact) mass is 384 g/mol. The van der Waals surface area contributed by atoms with Crippen LogP contribution in [0.15, 0.2) is 48.0 Å². The van der Waals surface area contributed by atoms with Crippen molar-refractivity contribution in [2.24, 2.45) is 0 Å². The van der Waals surface area contributed by atoms with Crippen molar-refractivity contribution in [3.63, 3.8) is 0 Å². The molecular formula is C17H9Cl2F3N2O. The third kappa shape index (κ3) is 4.99. The molecule has 0 heterocycles. The first kappa shape index (κ1) is 18.8. The van der Waals surface area contributed by atoms with E-state index in [0.717, 1.165) is 18.2 Å². The number of alkyl halides is 3. The van der Waals surface area contributed by atoms with Crippen molar-refractivity contribution in [3.8, 4) is 6.07 Å². The third-order valence-electron chi connectivity index (χ3n) is 3.07. The second-order valence-corrected chi connectivity index (χ2v) is 5.71. The molecule has 128 valence electrons. The fourth-order valence-corrected chi connectivity index (χ4v) is 2.36. The highest BCUT2D eigenvalue weighted by Gasteiger charge is 2.30. The van der Waals surface area contributed by atoms with Gasteiger partial charge in [-0.1, -0.05) is 35.3 Å². The highest BCUT2D eigenvalue weighted by Crippen LogP contribution is 2.30. The van der Waals surface area contributed by atoms with Gasteiger partial charge in [-0.25, -0.2) is 0 Å². The summed E-state index contributed by atoms with van der Waals surface area (Å²) in [6.45, 7) is 0. The fraction of sp³-hybridized carbons (Fsp3) is 0.0588. The number of nitriles is 1. The second kappa shape index (κ2) is 7.60. The molecule has 0 aliphatic rings. The van der Waals surface area contributed by atoms with E-state index in [9.17, 15) is 18.0 Å². The average molecular weight is 385 g/mol. The summed E-state index contributed by atoms with van der Waals surface area (Å²) in [6, 6.07) is 10.3. The Labute approximate surface area is 151 Å². The molecular weight excluding hydrogens is 376 g/mol. The molecule has 1 amide bonds. The van der Waals surface area contributed by atoms with Gasteiger partial charge >= 0.3 is 6.18 Å². The number of carbonyl (C=O) groups is 1. The van der Waals surface area contributed by atoms with Gasteiger partial charge in [0.05, 0.1) is 16.3 Å². The van der Waals surface area contributed by atoms with Gasteiger partial charge in [-0.05, 0) is 42.0 Å². The topological polar surface area (TPSA) is 52.9 Å². The predicted molar refractivity (Wildman–Crippen MR) is 90.1 cm³/mol. The van der Waals surface area contributed by atoms with Crippen molar-refractivity contribution in [1.82, 2.24) is 0 Å². The lowest BCUT2D eigenvalue weighted by Gasteiger charge is -2.08. The first-order chi connectivity index (χ1) is 11.7. The molecule has 0 saturated carbocycles. The Morgan fingerprint density at radius 1 is 1.16 bits per heavy atom. The lowest BCUT2D eigenvalue weighted by Crippen LogP contribution is -2.13. The summed E-state index contributed by atoms with van der Waals surface area (Å²) in [6.07, 6.45) is -3.45. The van der Waals surface area contributed by atoms with Gasteiger partial charge in [0.1, 0.15) is 11.6 Å². The van der Waals surface area contributed by atoms with Crippen LogP contribution >= 0.6 is 23.2 Å². The molecule has 0 radical (unpaired) electrons. The number of nitrogens with one attached hydrogen (secondary N) is 1. The van der Waals surface area contributed by atoms with Crippen molar-refractivity contribution in [2.45, 2.75) is 6.18 Å². The SMILES string of the molecule is N#C/C(=C\c1cccc(C(F)(F)F)c1)C(=O)Nc1ccc(Cl)cc1Cl. The van der Waals surface area contributed by atoms with Gasteiger partial charge in [-0.2, -0.15) is 18.4 Å². The quantitative estimate of drug-likeness (QED) is 0.556. The van der Waals surface area contributed by atoms with Crippen LogP contribution in [0.2, 0.25) is 10.0 Å². The van der Waals surface area contributed by atoms with Crippen LogP contribution in [-0.2, 0) is 11.0 Å². The minimum Gasteiger partial charge on any atom is -0.320 e. The summed E-state index contributed by atoms with van der Waals surface area (Å²) in [5.41, 5.74) is -0.949. The minimum atomic E-state index is -4.52. The van der Waals surface area contributed by atoms with Crippen molar-refractivity contribution in [3.05, 3.63) is 69.2 Å². The number of hydrogen-bond donors (Lipinski definition) is 1. The van der Waals surface area contributed by atoms with Crippen molar-refractivity contribution >= 4 is 40.9 Å². The summed E-state index contributed by atoms with van der Waals surface area (Å²) in [5, 5.41) is 12.1. The number of halogens is 5. The lowest BCUT2D eigenvalue weighted by atomic mass is 10.1. The highest BCUT2D eigenvalue weighted by atomic mass is 35.5. The number of hydrogen-bond acceptors (Lipinski definition) is 2. The first-order valence-electron chi connectivity index (χ1n) is 6.76. The molecule has 2 aromatic carbocycles. The number of carbonyl (C=O) groups excluding carboxylic acids is 1. The molecule has 1 N–H and O–H groups in total. The minimum absolute atomic E-state index is 0.0729. The summed E-state index contributed by atoms with van der Waals surface area (Å²) >= 11 is 11.7. The van der Waals surface area contributed by atoms with Gasteiger partial charge in [0, 0.05) is 5.02 Å². The molecule has 3 nitrogen and oxygen atoms in total. The van der Waals surface area contributed by atoms with E-state index < -0.39 is 17.6 Å². The number of amides is 1. The Balaban J connectivity index is 2.28. The number of nitrogens with zero attached hydrogens (tertiary/aromatic N) is 1. The summed E-state index contributed by atoms with van der Waals surface area (Å²) in [4.78, 5) is 12.2. The lowest BCUT2D eigenvalue weighted by molar-refractivity contribution is -0.137. The van der Waals surface area contributed by atoms with Gasteiger partial charge in [0.25, 0.3) is 5.91 Å². The van der Waals surface area contributed by atoms with Crippen molar-refractivity contribution in [1.29, 1.82) is 5.26 Å². The van der Waals surface area contributed by atoms with E-state index in [2.05, 4.69) is 5.32 Å². The van der Waals surface area contributed by atoms with Gasteiger partial charge in [-0.15, -0.1) is 0 Å². The molecule has 0 spiro atoms. The highest BCUT2D eigenvalue weighted by molar-refractivity contribution is 6.36. The molecule has 0 unspecified atom stereocenters. The second-order valence-electron chi connectivity index (χ2n) is 4.87. The summed E-state index contributed by atoms with van der Waals surface area (Å²) in [7, 11) is 0. The number of benzene rings is 2. The molecule has 0 aliphatic carbocycles. The third-order valence-corrected chi connectivity index (χ3v) is 3.62.